The van der Waals surface area contributed by atoms with Crippen LogP contribution in [-0.2, 0) is 16.5 Å². The first-order chi connectivity index (χ1) is 18.0. The summed E-state index contributed by atoms with van der Waals surface area (Å²) in [5.74, 6) is -1.16. The molecule has 0 aliphatic heterocycles. The van der Waals surface area contributed by atoms with Gasteiger partial charge in [-0.05, 0) is 53.8 Å². The van der Waals surface area contributed by atoms with Gasteiger partial charge in [0.05, 0.1) is 18.5 Å². The number of methoxy groups -OCH3 is 1. The molecular weight excluding hydrogens is 576 g/mol. The summed E-state index contributed by atoms with van der Waals surface area (Å²) in [5, 5.41) is 25.7. The number of hydrogen-bond acceptors (Lipinski definition) is 7. The number of carbonyl (C=O) groups is 1. The molecule has 9 nitrogen and oxygen atoms in total. The average molecular weight is 596 g/mol. The van der Waals surface area contributed by atoms with Crippen molar-refractivity contribution < 1.29 is 57.2 Å². The summed E-state index contributed by atoms with van der Waals surface area (Å²) >= 11 is 12.3. The molecule has 2 N–H and O–H groups in total. The second kappa shape index (κ2) is 12.6. The van der Waals surface area contributed by atoms with Gasteiger partial charge in [0.1, 0.15) is 16.3 Å². The molecule has 4 aromatic rings. The molecule has 1 amide bonds. The number of ether oxygens (including phenoxy) is 1. The maximum atomic E-state index is 13.5. The minimum Gasteiger partial charge on any atom is -0.870 e. The van der Waals surface area contributed by atoms with Crippen LogP contribution in [0.3, 0.4) is 0 Å². The van der Waals surface area contributed by atoms with Crippen LogP contribution in [0.15, 0.2) is 75.8 Å². The first kappa shape index (κ1) is 30.8. The molecule has 0 bridgehead atoms. The van der Waals surface area contributed by atoms with E-state index in [9.17, 15) is 22.9 Å². The summed E-state index contributed by atoms with van der Waals surface area (Å²) in [6.07, 6.45) is 0.269. The van der Waals surface area contributed by atoms with E-state index in [1.165, 1.54) is 25.3 Å². The molecule has 0 unspecified atom stereocenters. The molecule has 0 heterocycles. The topological polar surface area (TPSA) is 140 Å². The normalized spacial score (nSPS) is 11.4. The fourth-order valence-corrected chi connectivity index (χ4v) is 5.00. The van der Waals surface area contributed by atoms with E-state index in [4.69, 9.17) is 27.9 Å². The number of carbonyl (C=O) groups excluding carboxylic acids is 1. The van der Waals surface area contributed by atoms with Gasteiger partial charge in [-0.2, -0.15) is 13.5 Å². The number of hydrogen-bond donors (Lipinski definition) is 2. The fraction of sp³-hybridized carbons (Fsp3) is 0.115. The van der Waals surface area contributed by atoms with E-state index in [2.05, 4.69) is 15.5 Å². The average Bonchev–Trinajstić information content (AvgIpc) is 2.87. The molecular formula is C26H20Cl2N3NaO6S. The van der Waals surface area contributed by atoms with Gasteiger partial charge in [-0.1, -0.05) is 60.1 Å². The Hall–Kier alpha value is -2.70. The minimum absolute atomic E-state index is 0. The van der Waals surface area contributed by atoms with Gasteiger partial charge in [-0.15, -0.1) is 5.11 Å². The summed E-state index contributed by atoms with van der Waals surface area (Å²) in [4.78, 5) is 12.7. The standard InChI is InChI=1S/C26H21Cl2N3O6S.Na/c1-3-16-19(28)9-11-22(38(34,35)36)23(16)30-31-24-17-7-5-4-6-14(17)12-18(25(24)32)26(33)29-20-13-15(27)8-10-21(20)37-2;/h4-13,32H,3H2,1-2H3,(H,29,33)(H,34,35,36);/q;+1/p-1. The number of amides is 1. The van der Waals surface area contributed by atoms with Crippen molar-refractivity contribution in [1.82, 2.24) is 0 Å². The van der Waals surface area contributed by atoms with E-state index in [1.54, 1.807) is 43.3 Å². The van der Waals surface area contributed by atoms with Crippen LogP contribution in [0, 0.1) is 0 Å². The smallest absolute Gasteiger partial charge is 0.870 e. The Morgan fingerprint density at radius 1 is 1.05 bits per heavy atom. The summed E-state index contributed by atoms with van der Waals surface area (Å²) in [6.45, 7) is 1.72. The van der Waals surface area contributed by atoms with Gasteiger partial charge < -0.3 is 15.2 Å². The molecule has 0 saturated heterocycles. The van der Waals surface area contributed by atoms with Crippen LogP contribution in [0.5, 0.6) is 11.5 Å². The van der Waals surface area contributed by atoms with Crippen LogP contribution in [-0.4, -0.2) is 26.0 Å². The van der Waals surface area contributed by atoms with Gasteiger partial charge in [-0.3, -0.25) is 9.35 Å². The number of nitrogens with one attached hydrogen (secondary N) is 1. The zero-order valence-electron chi connectivity index (χ0n) is 21.0. The first-order valence-electron chi connectivity index (χ1n) is 11.1. The number of anilines is 1. The van der Waals surface area contributed by atoms with E-state index in [0.717, 1.165) is 6.07 Å². The Morgan fingerprint density at radius 3 is 2.41 bits per heavy atom. The predicted octanol–water partition coefficient (Wildman–Crippen LogP) is 3.71. The van der Waals surface area contributed by atoms with Crippen molar-refractivity contribution >= 4 is 67.1 Å². The number of benzene rings is 4. The second-order valence-corrected chi connectivity index (χ2v) is 10.3. The summed E-state index contributed by atoms with van der Waals surface area (Å²) < 4.78 is 39.0. The molecule has 4 rings (SSSR count). The maximum absolute atomic E-state index is 13.5. The Labute approximate surface area is 256 Å². The van der Waals surface area contributed by atoms with Gasteiger partial charge in [0.2, 0.25) is 0 Å². The molecule has 0 saturated carbocycles. The van der Waals surface area contributed by atoms with Crippen LogP contribution >= 0.6 is 23.2 Å². The van der Waals surface area contributed by atoms with Gasteiger partial charge in [0.15, 0.2) is 0 Å². The minimum atomic E-state index is -4.68. The van der Waals surface area contributed by atoms with Crippen molar-refractivity contribution in [3.8, 4) is 11.5 Å². The predicted molar refractivity (Wildman–Crippen MR) is 144 cm³/mol. The van der Waals surface area contributed by atoms with Crippen molar-refractivity contribution in [3.05, 3.63) is 81.8 Å². The molecule has 0 radical (unpaired) electrons. The molecule has 0 aromatic heterocycles. The first-order valence-corrected chi connectivity index (χ1v) is 13.3. The van der Waals surface area contributed by atoms with Crippen molar-refractivity contribution in [2.45, 2.75) is 18.2 Å². The molecule has 0 aliphatic rings. The van der Waals surface area contributed by atoms with Crippen molar-refractivity contribution in [2.24, 2.45) is 10.2 Å². The molecule has 0 fully saturated rings. The summed E-state index contributed by atoms with van der Waals surface area (Å²) in [5.41, 5.74) is -0.0788. The summed E-state index contributed by atoms with van der Waals surface area (Å²) in [6, 6.07) is 15.2. The fourth-order valence-electron chi connectivity index (χ4n) is 3.89. The molecule has 39 heavy (non-hydrogen) atoms. The van der Waals surface area contributed by atoms with Crippen LogP contribution < -0.4 is 44.7 Å². The van der Waals surface area contributed by atoms with Crippen molar-refractivity contribution in [2.75, 3.05) is 12.4 Å². The Morgan fingerprint density at radius 2 is 1.74 bits per heavy atom. The third-order valence-electron chi connectivity index (χ3n) is 5.70. The van der Waals surface area contributed by atoms with E-state index in [-0.39, 0.29) is 63.6 Å². The molecule has 0 aliphatic carbocycles. The van der Waals surface area contributed by atoms with Gasteiger partial charge in [0, 0.05) is 21.0 Å². The van der Waals surface area contributed by atoms with Gasteiger partial charge in [0.25, 0.3) is 16.0 Å². The molecule has 13 heteroatoms. The quantitative estimate of drug-likeness (QED) is 0.189. The number of rotatable bonds is 7. The Bertz CT molecular complexity index is 1710. The molecule has 0 atom stereocenters. The zero-order chi connectivity index (χ0) is 27.6. The van der Waals surface area contributed by atoms with Gasteiger partial charge >= 0.3 is 29.6 Å². The van der Waals surface area contributed by atoms with Crippen molar-refractivity contribution in [1.29, 1.82) is 0 Å². The van der Waals surface area contributed by atoms with Crippen molar-refractivity contribution in [3.63, 3.8) is 0 Å². The van der Waals surface area contributed by atoms with E-state index in [1.807, 2.05) is 0 Å². The largest absolute Gasteiger partial charge is 1.00 e. The molecule has 0 spiro atoms. The number of halogens is 2. The Kier molecular flexibility index (Phi) is 10.0. The van der Waals surface area contributed by atoms with E-state index >= 15 is 0 Å². The van der Waals surface area contributed by atoms with E-state index in [0.29, 0.717) is 27.1 Å². The van der Waals surface area contributed by atoms with Crippen LogP contribution in [0.25, 0.3) is 10.8 Å². The SMILES string of the molecule is CCc1c(Cl)ccc(S(=O)(=O)O)c1N=Nc1c([O-])c(C(=O)Nc2cc(Cl)ccc2OC)cc2ccccc12.[Na+]. The van der Waals surface area contributed by atoms with E-state index < -0.39 is 26.7 Å². The molecule has 4 aromatic carbocycles. The monoisotopic (exact) mass is 595 g/mol. The third-order valence-corrected chi connectivity index (χ3v) is 7.17. The van der Waals surface area contributed by atoms with Crippen LogP contribution in [0.2, 0.25) is 10.0 Å². The van der Waals surface area contributed by atoms with Crippen LogP contribution in [0.4, 0.5) is 17.1 Å². The number of fused-ring (bicyclic) bond motifs is 1. The summed E-state index contributed by atoms with van der Waals surface area (Å²) in [7, 11) is -3.26. The van der Waals surface area contributed by atoms with Crippen LogP contribution in [0.1, 0.15) is 22.8 Å². The number of nitrogens with zero attached hydrogens (tertiary/aromatic N) is 2. The second-order valence-electron chi connectivity index (χ2n) is 8.02. The molecule has 196 valence electrons. The maximum Gasteiger partial charge on any atom is 1.00 e. The van der Waals surface area contributed by atoms with Gasteiger partial charge in [-0.25, -0.2) is 0 Å². The zero-order valence-corrected chi connectivity index (χ0v) is 25.4. The Balaban J connectivity index is 0.00000420. The number of azo groups is 1. The third kappa shape index (κ3) is 6.55.